The van der Waals surface area contributed by atoms with E-state index in [1.165, 1.54) is 12.5 Å². The van der Waals surface area contributed by atoms with Crippen molar-refractivity contribution in [2.24, 2.45) is 0 Å². The third kappa shape index (κ3) is 4.20. The molecule has 1 aliphatic heterocycles. The zero-order valence-electron chi connectivity index (χ0n) is 18.4. The van der Waals surface area contributed by atoms with Gasteiger partial charge in [0.05, 0.1) is 5.56 Å². The summed E-state index contributed by atoms with van der Waals surface area (Å²) in [6, 6.07) is 8.10. The van der Waals surface area contributed by atoms with Gasteiger partial charge in [-0.05, 0) is 55.2 Å². The number of nitrogens with zero attached hydrogens (tertiary/aromatic N) is 1. The Morgan fingerprint density at radius 2 is 1.85 bits per heavy atom. The number of nitrogens with one attached hydrogen (secondary N) is 4. The zero-order chi connectivity index (χ0) is 22.9. The number of fused-ring (bicyclic) bond motifs is 1. The molecule has 33 heavy (non-hydrogen) atoms. The van der Waals surface area contributed by atoms with E-state index in [9.17, 15) is 9.59 Å². The van der Waals surface area contributed by atoms with Crippen LogP contribution in [0.5, 0.6) is 0 Å². The summed E-state index contributed by atoms with van der Waals surface area (Å²) in [5.74, 6) is -0.0565. The number of benzene rings is 2. The highest BCUT2D eigenvalue weighted by molar-refractivity contribution is 6.06. The van der Waals surface area contributed by atoms with Crippen LogP contribution in [0.2, 0.25) is 0 Å². The van der Waals surface area contributed by atoms with Gasteiger partial charge in [-0.25, -0.2) is 14.2 Å². The summed E-state index contributed by atoms with van der Waals surface area (Å²) in [5, 5.41) is 8.54. The number of hydrogen-bond donors (Lipinski definition) is 4. The number of H-pyrrole nitrogens is 1. The van der Waals surface area contributed by atoms with Gasteiger partial charge in [-0.2, -0.15) is 0 Å². The number of hydrogen-bond acceptors (Lipinski definition) is 3. The Hall–Kier alpha value is -3.68. The van der Waals surface area contributed by atoms with E-state index < -0.39 is 5.82 Å². The molecule has 1 aliphatic carbocycles. The summed E-state index contributed by atoms with van der Waals surface area (Å²) in [6.45, 7) is 2.21. The summed E-state index contributed by atoms with van der Waals surface area (Å²) in [4.78, 5) is 32.4. The second-order valence-corrected chi connectivity index (χ2v) is 8.74. The standard InChI is InChI=1S/C25H26FN5O2/c1-14-12-27-23(29-14)19-10-9-17(20-13-28-24(32)22(19)20)18-8-7-16(11-21(18)26)31-25(33)30-15-5-3-2-4-6-15/h7-12,15H,2-6,13H2,1H3,(H,27,29)(H,28,32)(H2,30,31,33). The molecule has 0 atom stereocenters. The van der Waals surface area contributed by atoms with Crippen LogP contribution in [0.1, 0.15) is 53.7 Å². The molecule has 3 aromatic rings. The van der Waals surface area contributed by atoms with E-state index in [2.05, 4.69) is 25.9 Å². The lowest BCUT2D eigenvalue weighted by Crippen LogP contribution is -2.39. The lowest BCUT2D eigenvalue weighted by molar-refractivity contribution is 0.0966. The molecule has 2 aliphatic rings. The van der Waals surface area contributed by atoms with E-state index in [0.717, 1.165) is 36.9 Å². The Morgan fingerprint density at radius 1 is 1.09 bits per heavy atom. The van der Waals surface area contributed by atoms with Crippen molar-refractivity contribution in [3.05, 3.63) is 59.2 Å². The molecule has 2 aromatic carbocycles. The van der Waals surface area contributed by atoms with Gasteiger partial charge in [0.15, 0.2) is 0 Å². The van der Waals surface area contributed by atoms with Gasteiger partial charge in [-0.15, -0.1) is 0 Å². The third-order valence-electron chi connectivity index (χ3n) is 6.38. The van der Waals surface area contributed by atoms with Gasteiger partial charge >= 0.3 is 6.03 Å². The van der Waals surface area contributed by atoms with Crippen LogP contribution in [-0.2, 0) is 6.54 Å². The van der Waals surface area contributed by atoms with Gasteiger partial charge in [0, 0.05) is 41.3 Å². The molecular formula is C25H26FN5O2. The van der Waals surface area contributed by atoms with Crippen LogP contribution in [0.25, 0.3) is 22.5 Å². The molecule has 1 aromatic heterocycles. The molecule has 2 heterocycles. The highest BCUT2D eigenvalue weighted by atomic mass is 19.1. The van der Waals surface area contributed by atoms with Crippen molar-refractivity contribution in [2.75, 3.05) is 5.32 Å². The van der Waals surface area contributed by atoms with Crippen molar-refractivity contribution < 1.29 is 14.0 Å². The molecule has 0 radical (unpaired) electrons. The zero-order valence-corrected chi connectivity index (χ0v) is 18.4. The fourth-order valence-electron chi connectivity index (χ4n) is 4.76. The quantitative estimate of drug-likeness (QED) is 0.458. The Bertz CT molecular complexity index is 1230. The summed E-state index contributed by atoms with van der Waals surface area (Å²) in [5.41, 5.74) is 4.24. The number of aromatic amines is 1. The molecule has 5 rings (SSSR count). The van der Waals surface area contributed by atoms with E-state index >= 15 is 4.39 Å². The Kier molecular flexibility index (Phi) is 5.58. The van der Waals surface area contributed by atoms with Gasteiger partial charge in [0.1, 0.15) is 11.6 Å². The second-order valence-electron chi connectivity index (χ2n) is 8.74. The Labute approximate surface area is 191 Å². The number of halogens is 1. The summed E-state index contributed by atoms with van der Waals surface area (Å²) < 4.78 is 15.1. The number of urea groups is 1. The lowest BCUT2D eigenvalue weighted by Gasteiger charge is -2.23. The SMILES string of the molecule is Cc1cnc(-c2ccc(-c3ccc(NC(=O)NC4CCCCC4)cc3F)c3c2C(=O)NC3)[nH]1. The van der Waals surface area contributed by atoms with Gasteiger partial charge in [-0.3, -0.25) is 4.79 Å². The normalized spacial score (nSPS) is 15.8. The van der Waals surface area contributed by atoms with Crippen LogP contribution in [-0.4, -0.2) is 27.9 Å². The Morgan fingerprint density at radius 3 is 2.58 bits per heavy atom. The van der Waals surface area contributed by atoms with Crippen molar-refractivity contribution >= 4 is 17.6 Å². The molecular weight excluding hydrogens is 421 g/mol. The van der Waals surface area contributed by atoms with E-state index in [0.29, 0.717) is 40.3 Å². The number of anilines is 1. The molecule has 1 saturated carbocycles. The third-order valence-corrected chi connectivity index (χ3v) is 6.38. The molecule has 0 spiro atoms. The number of carbonyl (C=O) groups excluding carboxylic acids is 2. The van der Waals surface area contributed by atoms with Crippen LogP contribution in [0.15, 0.2) is 36.5 Å². The first kappa shape index (κ1) is 21.2. The van der Waals surface area contributed by atoms with Crippen LogP contribution >= 0.6 is 0 Å². The van der Waals surface area contributed by atoms with Crippen molar-refractivity contribution in [3.8, 4) is 22.5 Å². The van der Waals surface area contributed by atoms with Gasteiger partial charge in [0.2, 0.25) is 0 Å². The van der Waals surface area contributed by atoms with Crippen molar-refractivity contribution in [1.29, 1.82) is 0 Å². The predicted octanol–water partition coefficient (Wildman–Crippen LogP) is 4.89. The van der Waals surface area contributed by atoms with Crippen LogP contribution < -0.4 is 16.0 Å². The Balaban J connectivity index is 1.41. The summed E-state index contributed by atoms with van der Waals surface area (Å²) in [7, 11) is 0. The van der Waals surface area contributed by atoms with Gasteiger partial charge in [0.25, 0.3) is 5.91 Å². The monoisotopic (exact) mass is 447 g/mol. The summed E-state index contributed by atoms with van der Waals surface area (Å²) in [6.07, 6.45) is 7.11. The van der Waals surface area contributed by atoms with Crippen LogP contribution in [0.3, 0.4) is 0 Å². The molecule has 0 saturated heterocycles. The number of rotatable bonds is 4. The smallest absolute Gasteiger partial charge is 0.319 e. The number of imidazole rings is 1. The summed E-state index contributed by atoms with van der Waals surface area (Å²) >= 11 is 0. The van der Waals surface area contributed by atoms with Gasteiger partial charge in [-0.1, -0.05) is 25.3 Å². The second kappa shape index (κ2) is 8.69. The van der Waals surface area contributed by atoms with Crippen LogP contribution in [0.4, 0.5) is 14.9 Å². The molecule has 8 heteroatoms. The molecule has 4 N–H and O–H groups in total. The van der Waals surface area contributed by atoms with Crippen LogP contribution in [0, 0.1) is 12.7 Å². The maximum Gasteiger partial charge on any atom is 0.319 e. The highest BCUT2D eigenvalue weighted by Gasteiger charge is 2.28. The molecule has 0 unspecified atom stereocenters. The largest absolute Gasteiger partial charge is 0.348 e. The minimum Gasteiger partial charge on any atom is -0.348 e. The van der Waals surface area contributed by atoms with Gasteiger partial charge < -0.3 is 20.9 Å². The molecule has 1 fully saturated rings. The first-order chi connectivity index (χ1) is 16.0. The minimum absolute atomic E-state index is 0.173. The fraction of sp³-hybridized carbons (Fsp3) is 0.320. The average molecular weight is 448 g/mol. The highest BCUT2D eigenvalue weighted by Crippen LogP contribution is 2.36. The van der Waals surface area contributed by atoms with E-state index in [1.807, 2.05) is 13.0 Å². The molecule has 170 valence electrons. The van der Waals surface area contributed by atoms with E-state index in [1.54, 1.807) is 24.4 Å². The molecule has 7 nitrogen and oxygen atoms in total. The number of carbonyl (C=O) groups is 2. The number of aromatic nitrogens is 2. The minimum atomic E-state index is -0.464. The van der Waals surface area contributed by atoms with Crippen molar-refractivity contribution in [2.45, 2.75) is 51.6 Å². The van der Waals surface area contributed by atoms with E-state index in [-0.39, 0.29) is 18.0 Å². The topological polar surface area (TPSA) is 98.9 Å². The number of amides is 3. The number of aryl methyl sites for hydroxylation is 1. The molecule has 0 bridgehead atoms. The maximum atomic E-state index is 15.1. The fourth-order valence-corrected chi connectivity index (χ4v) is 4.76. The maximum absolute atomic E-state index is 15.1. The predicted molar refractivity (Wildman–Crippen MR) is 124 cm³/mol. The molecule has 3 amide bonds. The lowest BCUT2D eigenvalue weighted by atomic mass is 9.92. The average Bonchev–Trinajstić information content (AvgIpc) is 3.40. The first-order valence-corrected chi connectivity index (χ1v) is 11.3. The van der Waals surface area contributed by atoms with Crippen molar-refractivity contribution in [1.82, 2.24) is 20.6 Å². The van der Waals surface area contributed by atoms with Crippen molar-refractivity contribution in [3.63, 3.8) is 0 Å². The first-order valence-electron chi connectivity index (χ1n) is 11.3. The van der Waals surface area contributed by atoms with E-state index in [4.69, 9.17) is 0 Å².